The predicted octanol–water partition coefficient (Wildman–Crippen LogP) is 3.50. The maximum atomic E-state index is 13.4. The van der Waals surface area contributed by atoms with Gasteiger partial charge in [-0.2, -0.15) is 0 Å². The summed E-state index contributed by atoms with van der Waals surface area (Å²) < 4.78 is 16.7. The van der Waals surface area contributed by atoms with Gasteiger partial charge in [-0.25, -0.2) is 4.79 Å². The zero-order chi connectivity index (χ0) is 25.1. The van der Waals surface area contributed by atoms with Crippen LogP contribution in [-0.2, 0) is 6.42 Å². The fourth-order valence-corrected chi connectivity index (χ4v) is 5.01. The van der Waals surface area contributed by atoms with Crippen molar-refractivity contribution >= 4 is 29.8 Å². The van der Waals surface area contributed by atoms with Crippen LogP contribution >= 0.6 is 11.6 Å². The molecule has 1 aliphatic carbocycles. The van der Waals surface area contributed by atoms with Crippen LogP contribution in [-0.4, -0.2) is 53.3 Å². The van der Waals surface area contributed by atoms with Crippen LogP contribution in [0.5, 0.6) is 17.2 Å². The fraction of sp³-hybridized carbons (Fsp3) is 0.321. The molecule has 0 radical (unpaired) electrons. The molecule has 36 heavy (non-hydrogen) atoms. The number of hydrogen-bond donors (Lipinski definition) is 2. The van der Waals surface area contributed by atoms with Gasteiger partial charge in [0.05, 0.1) is 19.1 Å². The Morgan fingerprint density at radius 3 is 2.56 bits per heavy atom. The van der Waals surface area contributed by atoms with Crippen LogP contribution in [0.15, 0.2) is 48.5 Å². The lowest BCUT2D eigenvalue weighted by molar-refractivity contribution is 0.135. The number of aliphatic hydroxyl groups is 1. The normalized spacial score (nSPS) is 18.4. The highest BCUT2D eigenvalue weighted by Gasteiger charge is 2.35. The number of aromatic amines is 1. The first-order valence-electron chi connectivity index (χ1n) is 12.1. The second kappa shape index (κ2) is 10.7. The van der Waals surface area contributed by atoms with Gasteiger partial charge in [0.1, 0.15) is 23.3 Å². The number of benzene rings is 2. The molecule has 0 fully saturated rings. The Labute approximate surface area is 214 Å². The second-order valence-corrected chi connectivity index (χ2v) is 9.41. The average molecular weight is 509 g/mol. The van der Waals surface area contributed by atoms with Crippen LogP contribution in [0.25, 0.3) is 12.2 Å². The summed E-state index contributed by atoms with van der Waals surface area (Å²) in [4.78, 5) is 18.8. The summed E-state index contributed by atoms with van der Waals surface area (Å²) in [5.74, 6) is 1.86. The smallest absolute Gasteiger partial charge is 0.416 e. The standard InChI is InChI=1S/C28H29ClN2O5/c1-34-20-8-10-22(11-9-20)36-28(33)31-14-13-23-24-17-19(29)5-12-25(24)30-26(23)27(31)18-3-6-21(7-4-18)35-16-2-15-32/h3-4,6-12,17,19,27,30,32H,2,5,13-16H2,1H3. The van der Waals surface area contributed by atoms with Crippen LogP contribution < -0.4 is 24.8 Å². The Balaban J connectivity index is 1.49. The molecule has 7 nitrogen and oxygen atoms in total. The van der Waals surface area contributed by atoms with Gasteiger partial charge in [-0.1, -0.05) is 24.3 Å². The predicted molar refractivity (Wildman–Crippen MR) is 138 cm³/mol. The van der Waals surface area contributed by atoms with Crippen LogP contribution in [0.1, 0.15) is 35.7 Å². The highest BCUT2D eigenvalue weighted by atomic mass is 35.5. The highest BCUT2D eigenvalue weighted by Crippen LogP contribution is 2.34. The lowest BCUT2D eigenvalue weighted by Crippen LogP contribution is -2.43. The number of fused-ring (bicyclic) bond motifs is 3. The first kappa shape index (κ1) is 24.3. The molecule has 0 spiro atoms. The van der Waals surface area contributed by atoms with Crippen molar-refractivity contribution in [3.05, 3.63) is 75.9 Å². The van der Waals surface area contributed by atoms with E-state index >= 15 is 0 Å². The molecule has 1 amide bonds. The Hall–Kier alpha value is -3.42. The van der Waals surface area contributed by atoms with Gasteiger partial charge in [-0.3, -0.25) is 4.90 Å². The molecule has 2 aromatic carbocycles. The van der Waals surface area contributed by atoms with E-state index in [0.717, 1.165) is 28.2 Å². The van der Waals surface area contributed by atoms with E-state index in [1.165, 1.54) is 5.56 Å². The van der Waals surface area contributed by atoms with Crippen LogP contribution in [0.2, 0.25) is 0 Å². The summed E-state index contributed by atoms with van der Waals surface area (Å²) in [7, 11) is 1.59. The van der Waals surface area contributed by atoms with Gasteiger partial charge >= 0.3 is 6.09 Å². The largest absolute Gasteiger partial charge is 0.497 e. The molecule has 2 heterocycles. The van der Waals surface area contributed by atoms with Crippen LogP contribution in [0, 0.1) is 0 Å². The number of amides is 1. The summed E-state index contributed by atoms with van der Waals surface area (Å²) in [6.07, 6.45) is 5.84. The van der Waals surface area contributed by atoms with E-state index in [9.17, 15) is 4.79 Å². The Morgan fingerprint density at radius 1 is 1.11 bits per heavy atom. The number of methoxy groups -OCH3 is 1. The summed E-state index contributed by atoms with van der Waals surface area (Å²) in [5, 5.41) is 11.1. The SMILES string of the molecule is COc1ccc(OC(=O)N2CCc3c([nH]c4c3=CC(Cl)CC=4)C2c2ccc(OCCCO)cc2)cc1. The molecule has 2 atom stereocenters. The van der Waals surface area contributed by atoms with Crippen molar-refractivity contribution in [2.45, 2.75) is 30.7 Å². The number of aliphatic hydroxyl groups excluding tert-OH is 1. The van der Waals surface area contributed by atoms with Crippen molar-refractivity contribution in [2.75, 3.05) is 26.9 Å². The van der Waals surface area contributed by atoms with E-state index in [0.29, 0.717) is 43.2 Å². The van der Waals surface area contributed by atoms with Gasteiger partial charge in [0.25, 0.3) is 0 Å². The van der Waals surface area contributed by atoms with Gasteiger partial charge in [0, 0.05) is 35.8 Å². The number of hydrogen-bond acceptors (Lipinski definition) is 5. The number of carbonyl (C=O) groups is 1. The fourth-order valence-electron chi connectivity index (χ4n) is 4.79. The van der Waals surface area contributed by atoms with Crippen molar-refractivity contribution in [3.63, 3.8) is 0 Å². The van der Waals surface area contributed by atoms with Crippen molar-refractivity contribution in [1.82, 2.24) is 9.88 Å². The second-order valence-electron chi connectivity index (χ2n) is 8.85. The van der Waals surface area contributed by atoms with Gasteiger partial charge in [0.2, 0.25) is 0 Å². The molecule has 2 N–H and O–H groups in total. The van der Waals surface area contributed by atoms with E-state index in [2.05, 4.69) is 17.1 Å². The number of aromatic nitrogens is 1. The van der Waals surface area contributed by atoms with Crippen LogP contribution in [0.3, 0.4) is 0 Å². The molecule has 188 valence electrons. The molecule has 3 aromatic rings. The molecule has 8 heteroatoms. The number of halogens is 1. The molecule has 0 saturated heterocycles. The number of nitrogens with one attached hydrogen (secondary N) is 1. The van der Waals surface area contributed by atoms with E-state index in [1.54, 1.807) is 36.3 Å². The van der Waals surface area contributed by atoms with Gasteiger partial charge in [-0.05, 0) is 60.4 Å². The minimum Gasteiger partial charge on any atom is -0.497 e. The summed E-state index contributed by atoms with van der Waals surface area (Å²) >= 11 is 6.43. The number of H-pyrrole nitrogens is 1. The van der Waals surface area contributed by atoms with Crippen molar-refractivity contribution in [2.24, 2.45) is 0 Å². The van der Waals surface area contributed by atoms with Gasteiger partial charge in [0.15, 0.2) is 0 Å². The molecular weight excluding hydrogens is 480 g/mol. The van der Waals surface area contributed by atoms with Crippen molar-refractivity contribution < 1.29 is 24.1 Å². The molecule has 2 aliphatic rings. The van der Waals surface area contributed by atoms with E-state index in [-0.39, 0.29) is 18.0 Å². The highest BCUT2D eigenvalue weighted by molar-refractivity contribution is 6.24. The number of alkyl halides is 1. The van der Waals surface area contributed by atoms with E-state index in [4.69, 9.17) is 30.9 Å². The van der Waals surface area contributed by atoms with Gasteiger partial charge in [-0.15, -0.1) is 11.6 Å². The zero-order valence-corrected chi connectivity index (χ0v) is 20.8. The molecule has 0 bridgehead atoms. The average Bonchev–Trinajstić information content (AvgIpc) is 3.27. The third kappa shape index (κ3) is 4.94. The van der Waals surface area contributed by atoms with Gasteiger partial charge < -0.3 is 24.3 Å². The first-order valence-corrected chi connectivity index (χ1v) is 12.5. The number of rotatable bonds is 7. The lowest BCUT2D eigenvalue weighted by atomic mass is 9.92. The minimum absolute atomic E-state index is 0.0377. The number of carbonyl (C=O) groups excluding carboxylic acids is 1. The summed E-state index contributed by atoms with van der Waals surface area (Å²) in [6.45, 7) is 1.04. The minimum atomic E-state index is -0.421. The Bertz CT molecular complexity index is 1330. The van der Waals surface area contributed by atoms with Crippen LogP contribution in [0.4, 0.5) is 4.79 Å². The molecule has 2 unspecified atom stereocenters. The maximum absolute atomic E-state index is 13.4. The molecule has 0 saturated carbocycles. The monoisotopic (exact) mass is 508 g/mol. The zero-order valence-electron chi connectivity index (χ0n) is 20.1. The summed E-state index contributed by atoms with van der Waals surface area (Å²) in [5.41, 5.74) is 3.11. The molecule has 5 rings (SSSR count). The third-order valence-electron chi connectivity index (χ3n) is 6.56. The molecular formula is C28H29ClN2O5. The van der Waals surface area contributed by atoms with E-state index < -0.39 is 6.09 Å². The maximum Gasteiger partial charge on any atom is 0.416 e. The first-order chi connectivity index (χ1) is 17.6. The van der Waals surface area contributed by atoms with E-state index in [1.807, 2.05) is 24.3 Å². The Kier molecular flexibility index (Phi) is 7.20. The number of ether oxygens (including phenoxy) is 3. The topological polar surface area (TPSA) is 84.0 Å². The van der Waals surface area contributed by atoms with Crippen molar-refractivity contribution in [1.29, 1.82) is 0 Å². The molecule has 1 aliphatic heterocycles. The number of nitrogens with zero attached hydrogens (tertiary/aromatic N) is 1. The molecule has 1 aromatic heterocycles. The summed E-state index contributed by atoms with van der Waals surface area (Å²) in [6, 6.07) is 14.3. The van der Waals surface area contributed by atoms with Crippen molar-refractivity contribution in [3.8, 4) is 17.2 Å². The quantitative estimate of drug-likeness (QED) is 0.377. The lowest BCUT2D eigenvalue weighted by Gasteiger charge is -2.35. The Morgan fingerprint density at radius 2 is 1.83 bits per heavy atom. The third-order valence-corrected chi connectivity index (χ3v) is 6.86.